The topological polar surface area (TPSA) is 26.0 Å². The van der Waals surface area contributed by atoms with E-state index >= 15 is 0 Å². The maximum absolute atomic E-state index is 5.50. The third-order valence-electron chi connectivity index (χ3n) is 1.68. The van der Waals surface area contributed by atoms with E-state index in [1.54, 1.807) is 0 Å². The average molecular weight is 148 g/mol. The molecule has 11 heavy (non-hydrogen) atoms. The van der Waals surface area contributed by atoms with Crippen LogP contribution in [0.2, 0.25) is 0 Å². The second kappa shape index (κ2) is 4.14. The van der Waals surface area contributed by atoms with Gasteiger partial charge in [-0.3, -0.25) is 0 Å². The number of nitrogens with two attached hydrogens (primary N) is 1. The molecule has 0 atom stereocenters. The molecule has 0 aliphatic heterocycles. The highest BCUT2D eigenvalue weighted by Crippen LogP contribution is 2.05. The minimum atomic E-state index is 0.630. The van der Waals surface area contributed by atoms with Crippen LogP contribution >= 0.6 is 0 Å². The van der Waals surface area contributed by atoms with Crippen molar-refractivity contribution in [2.45, 2.75) is 26.3 Å². The lowest BCUT2D eigenvalue weighted by atomic mass is 10.1. The zero-order valence-corrected chi connectivity index (χ0v) is 6.93. The Balaban J connectivity index is 2.74. The molecule has 0 aliphatic carbocycles. The first kappa shape index (κ1) is 8.28. The maximum atomic E-state index is 5.50. The molecular weight excluding hydrogens is 134 g/mol. The fourth-order valence-electron chi connectivity index (χ4n) is 1.11. The number of rotatable bonds is 3. The van der Waals surface area contributed by atoms with Gasteiger partial charge in [-0.25, -0.2) is 0 Å². The molecule has 0 bridgehead atoms. The Bertz CT molecular complexity index is 218. The highest BCUT2D eigenvalue weighted by Gasteiger charge is 1.92. The molecular formula is C10H14N. The van der Waals surface area contributed by atoms with Gasteiger partial charge in [-0.05, 0) is 23.6 Å². The molecule has 0 unspecified atom stereocenters. The summed E-state index contributed by atoms with van der Waals surface area (Å²) in [7, 11) is 0. The SMILES string of the molecule is CCCc1[c]ccc(CN)c1. The number of hydrogen-bond donors (Lipinski definition) is 1. The summed E-state index contributed by atoms with van der Waals surface area (Å²) in [4.78, 5) is 0. The van der Waals surface area contributed by atoms with Crippen molar-refractivity contribution in [2.75, 3.05) is 0 Å². The molecule has 1 aromatic rings. The van der Waals surface area contributed by atoms with Gasteiger partial charge in [-0.1, -0.05) is 31.5 Å². The summed E-state index contributed by atoms with van der Waals surface area (Å²) in [5.74, 6) is 0. The van der Waals surface area contributed by atoms with Crippen LogP contribution in [-0.4, -0.2) is 0 Å². The van der Waals surface area contributed by atoms with E-state index in [0.29, 0.717) is 6.54 Å². The van der Waals surface area contributed by atoms with Gasteiger partial charge >= 0.3 is 0 Å². The molecule has 1 aromatic carbocycles. The molecule has 59 valence electrons. The smallest absolute Gasteiger partial charge is 0.0178 e. The second-order valence-electron chi connectivity index (χ2n) is 2.68. The van der Waals surface area contributed by atoms with Crippen molar-refractivity contribution in [1.82, 2.24) is 0 Å². The lowest BCUT2D eigenvalue weighted by molar-refractivity contribution is 0.914. The number of benzene rings is 1. The molecule has 1 heteroatoms. The van der Waals surface area contributed by atoms with Gasteiger partial charge in [0.05, 0.1) is 0 Å². The number of hydrogen-bond acceptors (Lipinski definition) is 1. The van der Waals surface area contributed by atoms with Crippen molar-refractivity contribution in [1.29, 1.82) is 0 Å². The molecule has 0 heterocycles. The third-order valence-corrected chi connectivity index (χ3v) is 1.68. The highest BCUT2D eigenvalue weighted by atomic mass is 14.5. The first-order chi connectivity index (χ1) is 5.36. The predicted octanol–water partition coefficient (Wildman–Crippen LogP) is 1.90. The molecule has 0 amide bonds. The molecule has 2 N–H and O–H groups in total. The van der Waals surface area contributed by atoms with Crippen LogP contribution < -0.4 is 5.73 Å². The van der Waals surface area contributed by atoms with Gasteiger partial charge in [0.15, 0.2) is 0 Å². The van der Waals surface area contributed by atoms with Gasteiger partial charge in [-0.2, -0.15) is 0 Å². The summed E-state index contributed by atoms with van der Waals surface area (Å²) >= 11 is 0. The summed E-state index contributed by atoms with van der Waals surface area (Å²) < 4.78 is 0. The van der Waals surface area contributed by atoms with Crippen molar-refractivity contribution in [3.8, 4) is 0 Å². The van der Waals surface area contributed by atoms with Crippen LogP contribution in [0.3, 0.4) is 0 Å². The van der Waals surface area contributed by atoms with E-state index in [0.717, 1.165) is 6.42 Å². The molecule has 0 saturated carbocycles. The second-order valence-corrected chi connectivity index (χ2v) is 2.68. The standard InChI is InChI=1S/C10H14N/c1-2-4-9-5-3-6-10(7-9)8-11/h3,6-7H,2,4,8,11H2,1H3. The third kappa shape index (κ3) is 2.35. The van der Waals surface area contributed by atoms with Crippen molar-refractivity contribution in [2.24, 2.45) is 5.73 Å². The number of aryl methyl sites for hydroxylation is 1. The minimum Gasteiger partial charge on any atom is -0.326 e. The Hall–Kier alpha value is -0.820. The maximum Gasteiger partial charge on any atom is 0.0178 e. The molecule has 0 aliphatic rings. The van der Waals surface area contributed by atoms with Gasteiger partial charge in [0, 0.05) is 6.54 Å². The minimum absolute atomic E-state index is 0.630. The fraction of sp³-hybridized carbons (Fsp3) is 0.400. The molecule has 0 saturated heterocycles. The molecule has 0 aromatic heterocycles. The van der Waals surface area contributed by atoms with E-state index < -0.39 is 0 Å². The van der Waals surface area contributed by atoms with Crippen molar-refractivity contribution in [3.63, 3.8) is 0 Å². The predicted molar refractivity (Wildman–Crippen MR) is 47.2 cm³/mol. The van der Waals surface area contributed by atoms with Gasteiger partial charge < -0.3 is 5.73 Å². The zero-order valence-electron chi connectivity index (χ0n) is 6.93. The van der Waals surface area contributed by atoms with Crippen LogP contribution in [-0.2, 0) is 13.0 Å². The Labute approximate surface area is 68.2 Å². The van der Waals surface area contributed by atoms with Crippen LogP contribution in [0.5, 0.6) is 0 Å². The largest absolute Gasteiger partial charge is 0.326 e. The van der Waals surface area contributed by atoms with E-state index in [-0.39, 0.29) is 0 Å². The normalized spacial score (nSPS) is 10.0. The summed E-state index contributed by atoms with van der Waals surface area (Å²) in [6, 6.07) is 9.28. The van der Waals surface area contributed by atoms with Crippen LogP contribution in [0.1, 0.15) is 24.5 Å². The lowest BCUT2D eigenvalue weighted by Gasteiger charge is -2.00. The molecule has 0 fully saturated rings. The van der Waals surface area contributed by atoms with Crippen LogP contribution in [0.15, 0.2) is 18.2 Å². The van der Waals surface area contributed by atoms with E-state index in [2.05, 4.69) is 19.1 Å². The summed E-state index contributed by atoms with van der Waals surface area (Å²) in [5.41, 5.74) is 7.98. The monoisotopic (exact) mass is 148 g/mol. The molecule has 1 rings (SSSR count). The van der Waals surface area contributed by atoms with Gasteiger partial charge in [-0.15, -0.1) is 0 Å². The van der Waals surface area contributed by atoms with E-state index in [1.807, 2.05) is 12.1 Å². The Morgan fingerprint density at radius 3 is 3.00 bits per heavy atom. The zero-order chi connectivity index (χ0) is 8.10. The van der Waals surface area contributed by atoms with E-state index in [4.69, 9.17) is 5.73 Å². The molecule has 0 spiro atoms. The average Bonchev–Trinajstić information content (AvgIpc) is 2.06. The van der Waals surface area contributed by atoms with Crippen LogP contribution in [0.4, 0.5) is 0 Å². The lowest BCUT2D eigenvalue weighted by Crippen LogP contribution is -1.96. The van der Waals surface area contributed by atoms with Gasteiger partial charge in [0.2, 0.25) is 0 Å². The Morgan fingerprint density at radius 2 is 2.36 bits per heavy atom. The Kier molecular flexibility index (Phi) is 3.12. The summed E-state index contributed by atoms with van der Waals surface area (Å²) in [5, 5.41) is 0. The first-order valence-corrected chi connectivity index (χ1v) is 4.06. The van der Waals surface area contributed by atoms with Gasteiger partial charge in [0.25, 0.3) is 0 Å². The summed E-state index contributed by atoms with van der Waals surface area (Å²) in [6.07, 6.45) is 2.28. The van der Waals surface area contributed by atoms with Gasteiger partial charge in [0.1, 0.15) is 0 Å². The fourth-order valence-corrected chi connectivity index (χ4v) is 1.11. The van der Waals surface area contributed by atoms with Crippen LogP contribution in [0.25, 0.3) is 0 Å². The quantitative estimate of drug-likeness (QED) is 0.696. The van der Waals surface area contributed by atoms with Crippen molar-refractivity contribution in [3.05, 3.63) is 35.4 Å². The van der Waals surface area contributed by atoms with Crippen LogP contribution in [0, 0.1) is 6.07 Å². The summed E-state index contributed by atoms with van der Waals surface area (Å²) in [6.45, 7) is 2.80. The van der Waals surface area contributed by atoms with E-state index in [9.17, 15) is 0 Å². The van der Waals surface area contributed by atoms with E-state index in [1.165, 1.54) is 17.5 Å². The highest BCUT2D eigenvalue weighted by molar-refractivity contribution is 5.22. The Morgan fingerprint density at radius 1 is 1.55 bits per heavy atom. The van der Waals surface area contributed by atoms with Crippen molar-refractivity contribution < 1.29 is 0 Å². The molecule has 1 nitrogen and oxygen atoms in total. The first-order valence-electron chi connectivity index (χ1n) is 4.06. The molecule has 1 radical (unpaired) electrons. The van der Waals surface area contributed by atoms with Crippen molar-refractivity contribution >= 4 is 0 Å².